The van der Waals surface area contributed by atoms with Crippen molar-refractivity contribution in [2.75, 3.05) is 7.05 Å². The van der Waals surface area contributed by atoms with E-state index in [0.717, 1.165) is 6.54 Å². The van der Waals surface area contributed by atoms with E-state index in [2.05, 4.69) is 64.2 Å². The van der Waals surface area contributed by atoms with Gasteiger partial charge in [0, 0.05) is 35.4 Å². The second-order valence-electron chi connectivity index (χ2n) is 4.61. The quantitative estimate of drug-likeness (QED) is 0.618. The van der Waals surface area contributed by atoms with Crippen molar-refractivity contribution < 1.29 is 0 Å². The van der Waals surface area contributed by atoms with E-state index in [0.29, 0.717) is 6.54 Å². The zero-order chi connectivity index (χ0) is 13.2. The fourth-order valence-electron chi connectivity index (χ4n) is 2.69. The molecule has 0 saturated carbocycles. The van der Waals surface area contributed by atoms with Gasteiger partial charge in [0.2, 0.25) is 0 Å². The maximum absolute atomic E-state index is 4.07. The molecule has 19 heavy (non-hydrogen) atoms. The first-order chi connectivity index (χ1) is 9.35. The summed E-state index contributed by atoms with van der Waals surface area (Å²) in [6.45, 7) is 3.82. The third kappa shape index (κ3) is 1.91. The van der Waals surface area contributed by atoms with Crippen molar-refractivity contribution in [1.29, 1.82) is 0 Å². The molecule has 3 heteroatoms. The lowest BCUT2D eigenvalue weighted by atomic mass is 10.1. The lowest BCUT2D eigenvalue weighted by Crippen LogP contribution is -1.92. The molecule has 1 heterocycles. The van der Waals surface area contributed by atoms with Crippen molar-refractivity contribution in [3.8, 4) is 0 Å². The van der Waals surface area contributed by atoms with Gasteiger partial charge >= 0.3 is 0 Å². The SMILES string of the molecule is CCn1c2ccccc2c2cc(CN=NC)ccc21. The smallest absolute Gasteiger partial charge is 0.0849 e. The highest BCUT2D eigenvalue weighted by Gasteiger charge is 2.09. The van der Waals surface area contributed by atoms with Crippen molar-refractivity contribution in [2.24, 2.45) is 10.2 Å². The number of aryl methyl sites for hydroxylation is 1. The molecule has 0 atom stereocenters. The molecule has 1 aromatic heterocycles. The monoisotopic (exact) mass is 251 g/mol. The Morgan fingerprint density at radius 3 is 2.58 bits per heavy atom. The van der Waals surface area contributed by atoms with Crippen LogP contribution in [-0.4, -0.2) is 11.6 Å². The van der Waals surface area contributed by atoms with E-state index in [1.807, 2.05) is 0 Å². The van der Waals surface area contributed by atoms with Gasteiger partial charge in [0.1, 0.15) is 0 Å². The van der Waals surface area contributed by atoms with Crippen LogP contribution >= 0.6 is 0 Å². The van der Waals surface area contributed by atoms with Crippen molar-refractivity contribution in [3.05, 3.63) is 48.0 Å². The van der Waals surface area contributed by atoms with E-state index in [1.54, 1.807) is 7.05 Å². The molecule has 0 aliphatic carbocycles. The summed E-state index contributed by atoms with van der Waals surface area (Å²) in [7, 11) is 1.71. The molecular weight excluding hydrogens is 234 g/mol. The topological polar surface area (TPSA) is 29.6 Å². The maximum atomic E-state index is 4.07. The molecule has 0 bridgehead atoms. The Morgan fingerprint density at radius 1 is 1.00 bits per heavy atom. The molecule has 0 spiro atoms. The minimum atomic E-state index is 0.651. The molecule has 0 aliphatic heterocycles. The van der Waals surface area contributed by atoms with Crippen molar-refractivity contribution in [1.82, 2.24) is 4.57 Å². The molecule has 3 nitrogen and oxygen atoms in total. The van der Waals surface area contributed by atoms with Crippen LogP contribution < -0.4 is 0 Å². The van der Waals surface area contributed by atoms with Gasteiger partial charge in [0.05, 0.1) is 6.54 Å². The summed E-state index contributed by atoms with van der Waals surface area (Å²) < 4.78 is 2.36. The first-order valence-corrected chi connectivity index (χ1v) is 6.60. The average molecular weight is 251 g/mol. The van der Waals surface area contributed by atoms with Crippen LogP contribution in [0.25, 0.3) is 21.8 Å². The van der Waals surface area contributed by atoms with Gasteiger partial charge in [-0.15, -0.1) is 0 Å². The average Bonchev–Trinajstić information content (AvgIpc) is 2.78. The second kappa shape index (κ2) is 4.84. The summed E-state index contributed by atoms with van der Waals surface area (Å²) in [5.41, 5.74) is 3.80. The minimum absolute atomic E-state index is 0.651. The molecule has 0 saturated heterocycles. The predicted octanol–water partition coefficient (Wildman–Crippen LogP) is 4.40. The number of nitrogens with zero attached hydrogens (tertiary/aromatic N) is 3. The number of hydrogen-bond donors (Lipinski definition) is 0. The summed E-state index contributed by atoms with van der Waals surface area (Å²) in [4.78, 5) is 0. The summed E-state index contributed by atoms with van der Waals surface area (Å²) in [6.07, 6.45) is 0. The molecule has 96 valence electrons. The zero-order valence-electron chi connectivity index (χ0n) is 11.3. The fraction of sp³-hybridized carbons (Fsp3) is 0.250. The van der Waals surface area contributed by atoms with Gasteiger partial charge in [0.25, 0.3) is 0 Å². The van der Waals surface area contributed by atoms with Gasteiger partial charge < -0.3 is 4.57 Å². The molecule has 3 rings (SSSR count). The molecule has 0 aliphatic rings. The summed E-state index contributed by atoms with van der Waals surface area (Å²) >= 11 is 0. The van der Waals surface area contributed by atoms with E-state index in [1.165, 1.54) is 27.4 Å². The summed E-state index contributed by atoms with van der Waals surface area (Å²) in [5.74, 6) is 0. The number of rotatable bonds is 3. The predicted molar refractivity (Wildman–Crippen MR) is 79.6 cm³/mol. The Labute approximate surface area is 112 Å². The highest BCUT2D eigenvalue weighted by Crippen LogP contribution is 2.29. The summed E-state index contributed by atoms with van der Waals surface area (Å²) in [6, 6.07) is 15.1. The standard InChI is InChI=1S/C16H17N3/c1-3-19-15-7-5-4-6-13(15)14-10-12(11-18-17-2)8-9-16(14)19/h4-10H,3,11H2,1-2H3. The number of benzene rings is 2. The summed E-state index contributed by atoms with van der Waals surface area (Å²) in [5, 5.41) is 10.5. The maximum Gasteiger partial charge on any atom is 0.0849 e. The number of azo groups is 1. The highest BCUT2D eigenvalue weighted by molar-refractivity contribution is 6.08. The Morgan fingerprint density at radius 2 is 1.79 bits per heavy atom. The minimum Gasteiger partial charge on any atom is -0.341 e. The first kappa shape index (κ1) is 11.9. The molecule has 3 aromatic rings. The Hall–Kier alpha value is -2.16. The van der Waals surface area contributed by atoms with Crippen molar-refractivity contribution >= 4 is 21.8 Å². The van der Waals surface area contributed by atoms with E-state index < -0.39 is 0 Å². The lowest BCUT2D eigenvalue weighted by Gasteiger charge is -2.03. The Bertz CT molecular complexity index is 753. The van der Waals surface area contributed by atoms with E-state index in [9.17, 15) is 0 Å². The van der Waals surface area contributed by atoms with Crippen LogP contribution in [0.15, 0.2) is 52.7 Å². The molecule has 2 aromatic carbocycles. The van der Waals surface area contributed by atoms with E-state index in [4.69, 9.17) is 0 Å². The van der Waals surface area contributed by atoms with Crippen LogP contribution in [0.5, 0.6) is 0 Å². The third-order valence-electron chi connectivity index (χ3n) is 3.55. The van der Waals surface area contributed by atoms with Gasteiger partial charge in [-0.25, -0.2) is 0 Å². The molecular formula is C16H17N3. The molecule has 0 radical (unpaired) electrons. The van der Waals surface area contributed by atoms with Gasteiger partial charge in [-0.2, -0.15) is 10.2 Å². The van der Waals surface area contributed by atoms with Gasteiger partial charge in [0.15, 0.2) is 0 Å². The van der Waals surface area contributed by atoms with Crippen LogP contribution in [0.3, 0.4) is 0 Å². The number of fused-ring (bicyclic) bond motifs is 3. The van der Waals surface area contributed by atoms with Crippen molar-refractivity contribution in [3.63, 3.8) is 0 Å². The van der Waals surface area contributed by atoms with Crippen molar-refractivity contribution in [2.45, 2.75) is 20.0 Å². The second-order valence-corrected chi connectivity index (χ2v) is 4.61. The Balaban J connectivity index is 2.30. The van der Waals surface area contributed by atoms with Crippen LogP contribution in [0.2, 0.25) is 0 Å². The molecule has 0 N–H and O–H groups in total. The molecule has 0 amide bonds. The Kier molecular flexibility index (Phi) is 3.03. The number of aromatic nitrogens is 1. The zero-order valence-corrected chi connectivity index (χ0v) is 11.3. The van der Waals surface area contributed by atoms with Crippen LogP contribution in [-0.2, 0) is 13.1 Å². The normalized spacial score (nSPS) is 11.9. The van der Waals surface area contributed by atoms with E-state index >= 15 is 0 Å². The first-order valence-electron chi connectivity index (χ1n) is 6.60. The number of hydrogen-bond acceptors (Lipinski definition) is 2. The van der Waals surface area contributed by atoms with Gasteiger partial charge in [-0.05, 0) is 30.7 Å². The van der Waals surface area contributed by atoms with E-state index in [-0.39, 0.29) is 0 Å². The third-order valence-corrected chi connectivity index (χ3v) is 3.55. The fourth-order valence-corrected chi connectivity index (χ4v) is 2.69. The van der Waals surface area contributed by atoms with Gasteiger partial charge in [-0.3, -0.25) is 0 Å². The van der Waals surface area contributed by atoms with Crippen LogP contribution in [0.1, 0.15) is 12.5 Å². The van der Waals surface area contributed by atoms with Crippen LogP contribution in [0.4, 0.5) is 0 Å². The van der Waals surface area contributed by atoms with Crippen LogP contribution in [0, 0.1) is 0 Å². The van der Waals surface area contributed by atoms with Gasteiger partial charge in [-0.1, -0.05) is 24.3 Å². The lowest BCUT2D eigenvalue weighted by molar-refractivity contribution is 0.827. The highest BCUT2D eigenvalue weighted by atomic mass is 15.1. The largest absolute Gasteiger partial charge is 0.341 e. The molecule has 0 fully saturated rings. The number of para-hydroxylation sites is 1. The molecule has 0 unspecified atom stereocenters.